The number of nitrogens with one attached hydrogen (secondary N) is 2. The van der Waals surface area contributed by atoms with Gasteiger partial charge in [0, 0.05) is 22.7 Å². The van der Waals surface area contributed by atoms with Crippen molar-refractivity contribution in [2.75, 3.05) is 36.4 Å². The van der Waals surface area contributed by atoms with Crippen LogP contribution in [0.1, 0.15) is 48.8 Å². The fourth-order valence-electron chi connectivity index (χ4n) is 5.38. The van der Waals surface area contributed by atoms with Crippen LogP contribution in [-0.2, 0) is 16.3 Å². The first kappa shape index (κ1) is 26.0. The van der Waals surface area contributed by atoms with Gasteiger partial charge in [-0.3, -0.25) is 9.89 Å². The van der Waals surface area contributed by atoms with Crippen LogP contribution in [0, 0.1) is 31.6 Å². The number of rotatable bonds is 12. The van der Waals surface area contributed by atoms with E-state index in [0.717, 1.165) is 40.6 Å². The maximum atomic E-state index is 13.5. The van der Waals surface area contributed by atoms with Gasteiger partial charge in [0.2, 0.25) is 5.91 Å². The van der Waals surface area contributed by atoms with E-state index in [9.17, 15) is 4.79 Å². The number of amides is 1. The van der Waals surface area contributed by atoms with Crippen LogP contribution in [0.2, 0.25) is 0 Å². The summed E-state index contributed by atoms with van der Waals surface area (Å²) in [6.07, 6.45) is 13.3. The lowest BCUT2D eigenvalue weighted by Crippen LogP contribution is -2.31. The van der Waals surface area contributed by atoms with E-state index >= 15 is 0 Å². The molecule has 5 rings (SSSR count). The first-order valence-electron chi connectivity index (χ1n) is 13.3. The minimum Gasteiger partial charge on any atom is -0.358 e. The number of hydrogen-bond donors (Lipinski definition) is 2. The predicted octanol–water partition coefficient (Wildman–Crippen LogP) is 5.11. The van der Waals surface area contributed by atoms with Crippen LogP contribution >= 0.6 is 10.0 Å². The lowest BCUT2D eigenvalue weighted by Gasteiger charge is -2.24. The zero-order chi connectivity index (χ0) is 26.2. The maximum absolute atomic E-state index is 13.5. The molecule has 0 aliphatic heterocycles. The van der Waals surface area contributed by atoms with Crippen LogP contribution < -0.4 is 5.32 Å². The van der Waals surface area contributed by atoms with Gasteiger partial charge in [0.1, 0.15) is 24.8 Å². The van der Waals surface area contributed by atoms with Crippen LogP contribution in [0.25, 0.3) is 11.1 Å². The number of carbonyl (C=O) groups is 1. The maximum Gasteiger partial charge on any atom is 0.235 e. The van der Waals surface area contributed by atoms with Gasteiger partial charge in [-0.1, -0.05) is 12.1 Å². The van der Waals surface area contributed by atoms with Crippen LogP contribution in [0.4, 0.5) is 5.69 Å². The van der Waals surface area contributed by atoms with Crippen molar-refractivity contribution in [2.45, 2.75) is 52.2 Å². The van der Waals surface area contributed by atoms with Gasteiger partial charge in [-0.15, -0.1) is 0 Å². The molecule has 2 saturated carbocycles. The van der Waals surface area contributed by atoms with Crippen LogP contribution in [-0.4, -0.2) is 62.0 Å². The number of aromatic amines is 1. The Morgan fingerprint density at radius 3 is 2.38 bits per heavy atom. The summed E-state index contributed by atoms with van der Waals surface area (Å²) in [5.41, 5.74) is 5.05. The van der Waals surface area contributed by atoms with E-state index in [1.807, 2.05) is 23.7 Å². The van der Waals surface area contributed by atoms with E-state index in [-0.39, 0.29) is 11.8 Å². The molecule has 2 aromatic heterocycles. The number of ether oxygens (including phenoxy) is 1. The molecule has 2 heterocycles. The second-order valence-electron chi connectivity index (χ2n) is 11.5. The highest BCUT2D eigenvalue weighted by Crippen LogP contribution is 2.54. The number of H-pyrrole nitrogens is 1. The highest BCUT2D eigenvalue weighted by Gasteiger charge is 2.49. The molecule has 1 aromatic carbocycles. The van der Waals surface area contributed by atoms with Crippen molar-refractivity contribution in [1.29, 1.82) is 0 Å². The third-order valence-electron chi connectivity index (χ3n) is 7.60. The molecule has 0 spiro atoms. The van der Waals surface area contributed by atoms with Crippen molar-refractivity contribution in [1.82, 2.24) is 25.0 Å². The summed E-state index contributed by atoms with van der Waals surface area (Å²) in [5.74, 6) is 3.07. The van der Waals surface area contributed by atoms with Crippen molar-refractivity contribution >= 4 is 21.6 Å². The predicted molar refractivity (Wildman–Crippen MR) is 150 cm³/mol. The zero-order valence-corrected chi connectivity index (χ0v) is 23.5. The monoisotopic (exact) mass is 524 g/mol. The molecule has 0 bridgehead atoms. The Hall–Kier alpha value is -2.65. The van der Waals surface area contributed by atoms with Gasteiger partial charge in [0.25, 0.3) is 0 Å². The highest BCUT2D eigenvalue weighted by molar-refractivity contribution is 8.32. The zero-order valence-electron chi connectivity index (χ0n) is 22.7. The van der Waals surface area contributed by atoms with Gasteiger partial charge in [-0.05, 0) is 93.7 Å². The van der Waals surface area contributed by atoms with Crippen molar-refractivity contribution in [3.05, 3.63) is 47.8 Å². The van der Waals surface area contributed by atoms with Gasteiger partial charge in [0.05, 0.1) is 12.3 Å². The third kappa shape index (κ3) is 6.26. The molecule has 0 saturated heterocycles. The number of aromatic nitrogens is 5. The molecule has 9 heteroatoms. The molecule has 8 nitrogen and oxygen atoms in total. The molecule has 1 amide bonds. The quantitative estimate of drug-likeness (QED) is 0.321. The second-order valence-corrected chi connectivity index (χ2v) is 16.1. The summed E-state index contributed by atoms with van der Waals surface area (Å²) in [6.45, 7) is 5.33. The van der Waals surface area contributed by atoms with Gasteiger partial charge < -0.3 is 10.1 Å². The van der Waals surface area contributed by atoms with Gasteiger partial charge in [0.15, 0.2) is 0 Å². The van der Waals surface area contributed by atoms with Crippen molar-refractivity contribution in [2.24, 2.45) is 17.8 Å². The standard InChI is InChI=1S/C28H40N6O2S/c1-18-24(19(2)34(33-18)17-36-14-15-37(3,4)5)20-10-12-23(13-11-20)31-28(35)26(27-29-16-30-32-27)25(21-6-7-21)22-8-9-22/h10-13,16,21-22,25-26H,6-9,14-15,17H2,1-5H3,(H,31,35)(H,29,30,32). The minimum atomic E-state index is -0.566. The molecule has 0 radical (unpaired) electrons. The van der Waals surface area contributed by atoms with E-state index in [2.05, 4.69) is 58.3 Å². The number of nitrogens with zero attached hydrogens (tertiary/aromatic N) is 4. The van der Waals surface area contributed by atoms with Crippen molar-refractivity contribution in [3.63, 3.8) is 0 Å². The van der Waals surface area contributed by atoms with E-state index < -0.39 is 10.0 Å². The lowest BCUT2D eigenvalue weighted by molar-refractivity contribution is -0.119. The Kier molecular flexibility index (Phi) is 7.45. The topological polar surface area (TPSA) is 97.7 Å². The van der Waals surface area contributed by atoms with E-state index in [4.69, 9.17) is 9.84 Å². The van der Waals surface area contributed by atoms with Gasteiger partial charge in [-0.2, -0.15) is 10.2 Å². The highest BCUT2D eigenvalue weighted by atomic mass is 32.3. The summed E-state index contributed by atoms with van der Waals surface area (Å²) in [6, 6.07) is 8.08. The number of aryl methyl sites for hydroxylation is 1. The molecule has 2 fully saturated rings. The summed E-state index contributed by atoms with van der Waals surface area (Å²) >= 11 is 0. The summed E-state index contributed by atoms with van der Waals surface area (Å²) in [7, 11) is -0.566. The molecule has 3 aromatic rings. The molecule has 1 atom stereocenters. The van der Waals surface area contributed by atoms with Crippen LogP contribution in [0.5, 0.6) is 0 Å². The van der Waals surface area contributed by atoms with Crippen molar-refractivity contribution < 1.29 is 9.53 Å². The first-order valence-corrected chi connectivity index (χ1v) is 16.3. The van der Waals surface area contributed by atoms with E-state index in [1.165, 1.54) is 32.0 Å². The fourth-order valence-corrected chi connectivity index (χ4v) is 6.00. The molecule has 37 heavy (non-hydrogen) atoms. The van der Waals surface area contributed by atoms with Crippen LogP contribution in [0.3, 0.4) is 0 Å². The minimum absolute atomic E-state index is 0.00252. The third-order valence-corrected chi connectivity index (χ3v) is 9.00. The summed E-state index contributed by atoms with van der Waals surface area (Å²) in [4.78, 5) is 17.9. The van der Waals surface area contributed by atoms with Gasteiger partial charge >= 0.3 is 0 Å². The summed E-state index contributed by atoms with van der Waals surface area (Å²) < 4.78 is 7.86. The average Bonchev–Trinajstić information content (AvgIpc) is 3.78. The largest absolute Gasteiger partial charge is 0.358 e. The molecule has 200 valence electrons. The van der Waals surface area contributed by atoms with Crippen molar-refractivity contribution in [3.8, 4) is 11.1 Å². The Morgan fingerprint density at radius 2 is 1.81 bits per heavy atom. The normalized spacial score (nSPS) is 17.2. The number of benzene rings is 1. The first-order chi connectivity index (χ1) is 17.7. The molecule has 2 aliphatic carbocycles. The Morgan fingerprint density at radius 1 is 1.14 bits per heavy atom. The molecule has 2 N–H and O–H groups in total. The number of anilines is 1. The lowest BCUT2D eigenvalue weighted by atomic mass is 9.82. The number of carbonyl (C=O) groups excluding carboxylic acids is 1. The Bertz CT molecular complexity index is 1190. The number of hydrogen-bond acceptors (Lipinski definition) is 5. The smallest absolute Gasteiger partial charge is 0.235 e. The summed E-state index contributed by atoms with van der Waals surface area (Å²) in [5, 5.41) is 14.9. The van der Waals surface area contributed by atoms with Crippen LogP contribution in [0.15, 0.2) is 30.6 Å². The Balaban J connectivity index is 1.27. The van der Waals surface area contributed by atoms with E-state index in [1.54, 1.807) is 0 Å². The SMILES string of the molecule is Cc1nn(COCCS(C)(C)C)c(C)c1-c1ccc(NC(=O)C(c2ncn[nH]2)C(C2CC2)C2CC2)cc1. The molecule has 2 aliphatic rings. The molecule has 1 unspecified atom stereocenters. The molecular formula is C28H40N6O2S. The van der Waals surface area contributed by atoms with E-state index in [0.29, 0.717) is 30.3 Å². The molecular weight excluding hydrogens is 484 g/mol. The Labute approximate surface area is 221 Å². The average molecular weight is 525 g/mol. The fraction of sp³-hybridized carbons (Fsp3) is 0.571. The second kappa shape index (κ2) is 10.6. The van der Waals surface area contributed by atoms with Gasteiger partial charge in [-0.25, -0.2) is 19.7 Å².